The summed E-state index contributed by atoms with van der Waals surface area (Å²) in [7, 11) is 2.10. The Kier molecular flexibility index (Phi) is 7.12. The molecule has 0 aliphatic carbocycles. The maximum absolute atomic E-state index is 12.8. The molecule has 2 aromatic carbocycles. The molecule has 1 saturated heterocycles. The monoisotopic (exact) mass is 414 g/mol. The predicted octanol–water partition coefficient (Wildman–Crippen LogP) is 3.30. The number of halogens is 1. The van der Waals surface area contributed by atoms with Gasteiger partial charge in [0.25, 0.3) is 0 Å². The highest BCUT2D eigenvalue weighted by Gasteiger charge is 2.21. The molecular formula is C22H27ClN4O2. The average Bonchev–Trinajstić information content (AvgIpc) is 2.69. The second-order valence-corrected chi connectivity index (χ2v) is 7.80. The first kappa shape index (κ1) is 21.1. The number of carbonyl (C=O) groups excluding carboxylic acids is 2. The third-order valence-electron chi connectivity index (χ3n) is 5.05. The molecule has 0 spiro atoms. The van der Waals surface area contributed by atoms with Crippen molar-refractivity contribution >= 4 is 34.8 Å². The molecule has 2 amide bonds. The van der Waals surface area contributed by atoms with Crippen molar-refractivity contribution in [2.75, 3.05) is 43.4 Å². The van der Waals surface area contributed by atoms with Gasteiger partial charge in [-0.2, -0.15) is 0 Å². The molecule has 1 heterocycles. The van der Waals surface area contributed by atoms with E-state index in [1.54, 1.807) is 6.07 Å². The second-order valence-electron chi connectivity index (χ2n) is 7.37. The molecule has 29 heavy (non-hydrogen) atoms. The number of rotatable bonds is 6. The maximum atomic E-state index is 12.8. The summed E-state index contributed by atoms with van der Waals surface area (Å²) >= 11 is 6.20. The molecule has 0 saturated carbocycles. The van der Waals surface area contributed by atoms with Crippen molar-refractivity contribution in [2.24, 2.45) is 0 Å². The van der Waals surface area contributed by atoms with Gasteiger partial charge < -0.3 is 20.4 Å². The molecule has 154 valence electrons. The van der Waals surface area contributed by atoms with Gasteiger partial charge in [-0.3, -0.25) is 9.59 Å². The first-order valence-corrected chi connectivity index (χ1v) is 10.1. The summed E-state index contributed by atoms with van der Waals surface area (Å²) in [6, 6.07) is 14.7. The van der Waals surface area contributed by atoms with Crippen LogP contribution in [0.25, 0.3) is 0 Å². The third-order valence-corrected chi connectivity index (χ3v) is 5.28. The van der Waals surface area contributed by atoms with E-state index in [9.17, 15) is 9.59 Å². The predicted molar refractivity (Wildman–Crippen MR) is 117 cm³/mol. The van der Waals surface area contributed by atoms with Crippen molar-refractivity contribution < 1.29 is 9.59 Å². The lowest BCUT2D eigenvalue weighted by Gasteiger charge is -2.35. The zero-order valence-corrected chi connectivity index (χ0v) is 17.6. The van der Waals surface area contributed by atoms with Crippen LogP contribution >= 0.6 is 11.6 Å². The Morgan fingerprint density at radius 1 is 1.07 bits per heavy atom. The van der Waals surface area contributed by atoms with Crippen LogP contribution in [0.4, 0.5) is 11.4 Å². The van der Waals surface area contributed by atoms with E-state index >= 15 is 0 Å². The average molecular weight is 415 g/mol. The largest absolute Gasteiger partial charge is 0.367 e. The fraction of sp³-hybridized carbons (Fsp3) is 0.364. The molecule has 2 N–H and O–H groups in total. The van der Waals surface area contributed by atoms with Gasteiger partial charge in [0.15, 0.2) is 0 Å². The van der Waals surface area contributed by atoms with Gasteiger partial charge in [-0.25, -0.2) is 0 Å². The minimum absolute atomic E-state index is 0.137. The summed E-state index contributed by atoms with van der Waals surface area (Å²) in [5, 5.41) is 6.44. The summed E-state index contributed by atoms with van der Waals surface area (Å²) in [5.41, 5.74) is 2.55. The van der Waals surface area contributed by atoms with Crippen LogP contribution in [0.5, 0.6) is 0 Å². The van der Waals surface area contributed by atoms with E-state index < -0.39 is 0 Å². The molecule has 1 aliphatic rings. The van der Waals surface area contributed by atoms with Gasteiger partial charge in [-0.05, 0) is 30.8 Å². The number of carbonyl (C=O) groups is 2. The number of hydrogen-bond donors (Lipinski definition) is 2. The van der Waals surface area contributed by atoms with Crippen LogP contribution in [0, 0.1) is 0 Å². The van der Waals surface area contributed by atoms with Gasteiger partial charge in [-0.1, -0.05) is 41.9 Å². The molecule has 1 fully saturated rings. The number of benzene rings is 2. The van der Waals surface area contributed by atoms with E-state index in [1.165, 1.54) is 6.92 Å². The quantitative estimate of drug-likeness (QED) is 0.761. The highest BCUT2D eigenvalue weighted by atomic mass is 35.5. The lowest BCUT2D eigenvalue weighted by atomic mass is 10.0. The van der Waals surface area contributed by atoms with Crippen LogP contribution in [0.3, 0.4) is 0 Å². The van der Waals surface area contributed by atoms with Crippen LogP contribution in [-0.4, -0.2) is 49.9 Å². The Balaban J connectivity index is 1.75. The second kappa shape index (κ2) is 9.76. The van der Waals surface area contributed by atoms with Crippen LogP contribution in [-0.2, 0) is 9.59 Å². The van der Waals surface area contributed by atoms with Crippen molar-refractivity contribution in [3.63, 3.8) is 0 Å². The first-order chi connectivity index (χ1) is 13.9. The number of nitrogens with zero attached hydrogens (tertiary/aromatic N) is 2. The van der Waals surface area contributed by atoms with Crippen molar-refractivity contribution in [3.05, 3.63) is 59.1 Å². The van der Waals surface area contributed by atoms with Crippen molar-refractivity contribution in [1.29, 1.82) is 0 Å². The fourth-order valence-electron chi connectivity index (χ4n) is 3.50. The van der Waals surface area contributed by atoms with E-state index in [2.05, 4.69) is 27.5 Å². The molecule has 7 heteroatoms. The molecule has 1 atom stereocenters. The van der Waals surface area contributed by atoms with Crippen LogP contribution < -0.4 is 15.5 Å². The molecule has 1 unspecified atom stereocenters. The van der Waals surface area contributed by atoms with Crippen molar-refractivity contribution in [1.82, 2.24) is 10.2 Å². The van der Waals surface area contributed by atoms with Gasteiger partial charge in [0.1, 0.15) is 0 Å². The van der Waals surface area contributed by atoms with E-state index in [4.69, 9.17) is 11.6 Å². The van der Waals surface area contributed by atoms with Crippen LogP contribution in [0.15, 0.2) is 48.5 Å². The number of amides is 2. The summed E-state index contributed by atoms with van der Waals surface area (Å²) in [5.74, 6) is -0.349. The molecule has 3 rings (SSSR count). The van der Waals surface area contributed by atoms with Gasteiger partial charge >= 0.3 is 0 Å². The van der Waals surface area contributed by atoms with E-state index in [0.29, 0.717) is 10.7 Å². The Bertz CT molecular complexity index is 851. The van der Waals surface area contributed by atoms with Gasteiger partial charge in [0, 0.05) is 38.1 Å². The summed E-state index contributed by atoms with van der Waals surface area (Å²) < 4.78 is 0. The number of nitrogens with one attached hydrogen (secondary N) is 2. The lowest BCUT2D eigenvalue weighted by Crippen LogP contribution is -2.44. The first-order valence-electron chi connectivity index (χ1n) is 9.77. The SMILES string of the molecule is CC(=O)NC(CC(=O)Nc1cc(Cl)ccc1N1CCN(C)CC1)c1ccccc1. The Morgan fingerprint density at radius 3 is 2.41 bits per heavy atom. The van der Waals surface area contributed by atoms with Crippen molar-refractivity contribution in [2.45, 2.75) is 19.4 Å². The minimum Gasteiger partial charge on any atom is -0.367 e. The molecule has 0 aromatic heterocycles. The highest BCUT2D eigenvalue weighted by Crippen LogP contribution is 2.30. The molecule has 1 aliphatic heterocycles. The molecule has 6 nitrogen and oxygen atoms in total. The zero-order chi connectivity index (χ0) is 20.8. The zero-order valence-electron chi connectivity index (χ0n) is 16.8. The smallest absolute Gasteiger partial charge is 0.226 e. The van der Waals surface area contributed by atoms with Gasteiger partial charge in [0.05, 0.1) is 23.8 Å². The van der Waals surface area contributed by atoms with Gasteiger partial charge in [0.2, 0.25) is 11.8 Å². The maximum Gasteiger partial charge on any atom is 0.226 e. The number of likely N-dealkylation sites (N-methyl/N-ethyl adjacent to an activating group) is 1. The number of piperazine rings is 1. The molecular weight excluding hydrogens is 388 g/mol. The van der Waals surface area contributed by atoms with E-state index in [-0.39, 0.29) is 24.3 Å². The van der Waals surface area contributed by atoms with Crippen molar-refractivity contribution in [3.8, 4) is 0 Å². The number of hydrogen-bond acceptors (Lipinski definition) is 4. The molecule has 0 radical (unpaired) electrons. The van der Waals surface area contributed by atoms with Crippen LogP contribution in [0.1, 0.15) is 24.9 Å². The lowest BCUT2D eigenvalue weighted by molar-refractivity contribution is -0.120. The van der Waals surface area contributed by atoms with Crippen LogP contribution in [0.2, 0.25) is 5.02 Å². The minimum atomic E-state index is -0.389. The Labute approximate surface area is 176 Å². The Morgan fingerprint density at radius 2 is 1.76 bits per heavy atom. The summed E-state index contributed by atoms with van der Waals surface area (Å²) in [6.45, 7) is 5.17. The molecule has 2 aromatic rings. The summed E-state index contributed by atoms with van der Waals surface area (Å²) in [4.78, 5) is 29.0. The number of anilines is 2. The fourth-order valence-corrected chi connectivity index (χ4v) is 3.67. The topological polar surface area (TPSA) is 64.7 Å². The normalized spacial score (nSPS) is 15.6. The van der Waals surface area contributed by atoms with Gasteiger partial charge in [-0.15, -0.1) is 0 Å². The standard InChI is InChI=1S/C22H27ClN4O2/c1-16(28)24-19(17-6-4-3-5-7-17)15-22(29)25-20-14-18(23)8-9-21(20)27-12-10-26(2)11-13-27/h3-9,14,19H,10-13,15H2,1-2H3,(H,24,28)(H,25,29). The Hall–Kier alpha value is -2.57. The van der Waals surface area contributed by atoms with E-state index in [1.807, 2.05) is 42.5 Å². The molecule has 0 bridgehead atoms. The third kappa shape index (κ3) is 5.95. The summed E-state index contributed by atoms with van der Waals surface area (Å²) in [6.07, 6.45) is 0.137. The van der Waals surface area contributed by atoms with E-state index in [0.717, 1.165) is 37.4 Å². The highest BCUT2D eigenvalue weighted by molar-refractivity contribution is 6.31.